The van der Waals surface area contributed by atoms with E-state index in [-0.39, 0.29) is 0 Å². The molecule has 0 atom stereocenters. The highest BCUT2D eigenvalue weighted by Gasteiger charge is 2.36. The van der Waals surface area contributed by atoms with E-state index in [1.807, 2.05) is 0 Å². The number of hydrogen-bond acceptors (Lipinski definition) is 1. The monoisotopic (exact) mass is 299 g/mol. The van der Waals surface area contributed by atoms with Crippen LogP contribution in [0.1, 0.15) is 12.5 Å². The van der Waals surface area contributed by atoms with E-state index in [4.69, 9.17) is 0 Å². The summed E-state index contributed by atoms with van der Waals surface area (Å²) in [6.45, 7) is 4.84. The van der Waals surface area contributed by atoms with Gasteiger partial charge in [-0.3, -0.25) is 4.81 Å². The zero-order valence-corrected chi connectivity index (χ0v) is 13.8. The van der Waals surface area contributed by atoms with Crippen molar-refractivity contribution in [3.63, 3.8) is 0 Å². The normalized spacial score (nSPS) is 14.0. The molecule has 2 heterocycles. The van der Waals surface area contributed by atoms with Crippen LogP contribution in [0, 0.1) is 0 Å². The molecular formula is C20H20BN2+. The Morgan fingerprint density at radius 3 is 2.52 bits per heavy atom. The maximum atomic E-state index is 2.44. The standard InChI is InChI=1S/C20H20BN2/c1-15-14-17-9-5-7-11-19(17)23(21(15)2)20-13-12-16-8-4-6-10-18(16)22(20)3/h4-14H,1-3H3/q+1. The van der Waals surface area contributed by atoms with Gasteiger partial charge < -0.3 is 0 Å². The molecule has 0 aliphatic carbocycles. The van der Waals surface area contributed by atoms with Crippen molar-refractivity contribution in [1.82, 2.24) is 0 Å². The van der Waals surface area contributed by atoms with E-state index in [9.17, 15) is 0 Å². The van der Waals surface area contributed by atoms with Gasteiger partial charge in [-0.15, -0.1) is 0 Å². The highest BCUT2D eigenvalue weighted by Crippen LogP contribution is 2.35. The van der Waals surface area contributed by atoms with E-state index in [2.05, 4.69) is 96.9 Å². The van der Waals surface area contributed by atoms with Crippen molar-refractivity contribution in [3.8, 4) is 0 Å². The van der Waals surface area contributed by atoms with Gasteiger partial charge >= 0.3 is 6.85 Å². The molecule has 0 saturated carbocycles. The summed E-state index contributed by atoms with van der Waals surface area (Å²) in [5, 5.41) is 1.27. The van der Waals surface area contributed by atoms with Gasteiger partial charge in [-0.1, -0.05) is 47.9 Å². The Kier molecular flexibility index (Phi) is 3.23. The van der Waals surface area contributed by atoms with Crippen LogP contribution in [0.3, 0.4) is 0 Å². The maximum Gasteiger partial charge on any atom is 0.405 e. The molecule has 2 aromatic carbocycles. The molecule has 0 amide bonds. The minimum Gasteiger partial charge on any atom is -0.287 e. The summed E-state index contributed by atoms with van der Waals surface area (Å²) in [7, 11) is 2.15. The molecule has 23 heavy (non-hydrogen) atoms. The fourth-order valence-corrected chi connectivity index (χ4v) is 3.50. The van der Waals surface area contributed by atoms with Gasteiger partial charge in [0.05, 0.1) is 7.05 Å². The number of pyridine rings is 1. The first-order chi connectivity index (χ1) is 11.2. The molecule has 0 spiro atoms. The fourth-order valence-electron chi connectivity index (χ4n) is 3.50. The molecule has 1 aliphatic rings. The predicted molar refractivity (Wildman–Crippen MR) is 99.0 cm³/mol. The second kappa shape index (κ2) is 5.27. The molecule has 0 N–H and O–H groups in total. The van der Waals surface area contributed by atoms with Crippen LogP contribution in [0.15, 0.2) is 66.1 Å². The minimum absolute atomic E-state index is 0.345. The van der Waals surface area contributed by atoms with Gasteiger partial charge in [0.1, 0.15) is 11.2 Å². The SMILES string of the molecule is CB1C(C)=Cc2ccccc2N1c1ccc2ccccc2[n+]1C. The van der Waals surface area contributed by atoms with Crippen molar-refractivity contribution in [2.24, 2.45) is 7.05 Å². The molecule has 1 aliphatic heterocycles. The number of fused-ring (bicyclic) bond motifs is 2. The van der Waals surface area contributed by atoms with Crippen molar-refractivity contribution in [2.75, 3.05) is 4.81 Å². The summed E-state index contributed by atoms with van der Waals surface area (Å²) in [5.74, 6) is 1.22. The molecule has 112 valence electrons. The smallest absolute Gasteiger partial charge is 0.287 e. The van der Waals surface area contributed by atoms with Gasteiger partial charge in [-0.25, -0.2) is 4.57 Å². The first kappa shape index (κ1) is 14.1. The van der Waals surface area contributed by atoms with Crippen molar-refractivity contribution < 1.29 is 4.57 Å². The molecule has 2 nitrogen and oxygen atoms in total. The molecule has 1 aromatic heterocycles. The Morgan fingerprint density at radius 1 is 0.913 bits per heavy atom. The number of rotatable bonds is 1. The average Bonchev–Trinajstić information content (AvgIpc) is 2.58. The number of benzene rings is 2. The summed E-state index contributed by atoms with van der Waals surface area (Å²) < 4.78 is 2.29. The third kappa shape index (κ3) is 2.15. The first-order valence-corrected chi connectivity index (χ1v) is 8.11. The van der Waals surface area contributed by atoms with Crippen molar-refractivity contribution in [1.29, 1.82) is 0 Å². The molecular weight excluding hydrogens is 279 g/mol. The first-order valence-electron chi connectivity index (χ1n) is 8.11. The second-order valence-electron chi connectivity index (χ2n) is 6.30. The molecule has 0 fully saturated rings. The fraction of sp³-hybridized carbons (Fsp3) is 0.150. The van der Waals surface area contributed by atoms with Crippen LogP contribution in [0.4, 0.5) is 11.5 Å². The van der Waals surface area contributed by atoms with Gasteiger partial charge in [0.15, 0.2) is 0 Å². The second-order valence-corrected chi connectivity index (χ2v) is 6.30. The van der Waals surface area contributed by atoms with Crippen molar-refractivity contribution >= 4 is 35.3 Å². The Bertz CT molecular complexity index is 930. The van der Waals surface area contributed by atoms with Gasteiger partial charge in [0.2, 0.25) is 0 Å². The Balaban J connectivity index is 1.97. The van der Waals surface area contributed by atoms with Crippen molar-refractivity contribution in [2.45, 2.75) is 13.7 Å². The van der Waals surface area contributed by atoms with Gasteiger partial charge in [-0.05, 0) is 31.9 Å². The highest BCUT2D eigenvalue weighted by molar-refractivity contribution is 6.72. The van der Waals surface area contributed by atoms with E-state index in [1.54, 1.807) is 0 Å². The number of aromatic nitrogens is 1. The molecule has 0 bridgehead atoms. The van der Waals surface area contributed by atoms with Gasteiger partial charge in [-0.2, -0.15) is 0 Å². The number of anilines is 2. The molecule has 0 radical (unpaired) electrons. The molecule has 3 heteroatoms. The van der Waals surface area contributed by atoms with E-state index in [0.29, 0.717) is 6.85 Å². The summed E-state index contributed by atoms with van der Waals surface area (Å²) in [4.78, 5) is 2.44. The lowest BCUT2D eigenvalue weighted by Crippen LogP contribution is -2.45. The van der Waals surface area contributed by atoms with Crippen LogP contribution in [0.5, 0.6) is 0 Å². The Hall–Kier alpha value is -2.55. The summed E-state index contributed by atoms with van der Waals surface area (Å²) in [5.41, 5.74) is 5.20. The lowest BCUT2D eigenvalue weighted by atomic mass is 9.54. The Labute approximate surface area is 137 Å². The zero-order chi connectivity index (χ0) is 16.0. The predicted octanol–water partition coefficient (Wildman–Crippen LogP) is 4.38. The highest BCUT2D eigenvalue weighted by atomic mass is 15.2. The topological polar surface area (TPSA) is 7.12 Å². The van der Waals surface area contributed by atoms with E-state index >= 15 is 0 Å². The summed E-state index contributed by atoms with van der Waals surface area (Å²) >= 11 is 0. The third-order valence-corrected chi connectivity index (χ3v) is 4.93. The number of allylic oxidation sites excluding steroid dienone is 1. The van der Waals surface area contributed by atoms with Crippen LogP contribution >= 0.6 is 0 Å². The zero-order valence-electron chi connectivity index (χ0n) is 13.8. The van der Waals surface area contributed by atoms with E-state index in [1.165, 1.54) is 33.4 Å². The van der Waals surface area contributed by atoms with E-state index in [0.717, 1.165) is 0 Å². The maximum absolute atomic E-state index is 2.44. The Morgan fingerprint density at radius 2 is 1.65 bits per heavy atom. The quantitative estimate of drug-likeness (QED) is 0.478. The molecule has 0 saturated heterocycles. The molecule has 4 rings (SSSR count). The molecule has 3 aromatic rings. The number of para-hydroxylation sites is 2. The summed E-state index contributed by atoms with van der Waals surface area (Å²) in [6, 6.07) is 21.6. The minimum atomic E-state index is 0.345. The van der Waals surface area contributed by atoms with E-state index < -0.39 is 0 Å². The van der Waals surface area contributed by atoms with Crippen LogP contribution < -0.4 is 9.38 Å². The molecule has 0 unspecified atom stereocenters. The van der Waals surface area contributed by atoms with Crippen molar-refractivity contribution in [3.05, 3.63) is 71.7 Å². The third-order valence-electron chi connectivity index (χ3n) is 4.93. The van der Waals surface area contributed by atoms with Crippen LogP contribution in [-0.2, 0) is 7.05 Å². The number of hydrogen-bond donors (Lipinski definition) is 0. The van der Waals surface area contributed by atoms with Crippen LogP contribution in [0.25, 0.3) is 17.0 Å². The lowest BCUT2D eigenvalue weighted by Gasteiger charge is -2.28. The average molecular weight is 299 g/mol. The van der Waals surface area contributed by atoms with Crippen LogP contribution in [-0.4, -0.2) is 6.85 Å². The van der Waals surface area contributed by atoms with Gasteiger partial charge in [0.25, 0.3) is 5.82 Å². The lowest BCUT2D eigenvalue weighted by molar-refractivity contribution is -0.631. The van der Waals surface area contributed by atoms with Crippen LogP contribution in [0.2, 0.25) is 6.82 Å². The number of nitrogens with zero attached hydrogens (tertiary/aromatic N) is 2. The summed E-state index contributed by atoms with van der Waals surface area (Å²) in [6.07, 6.45) is 2.30. The van der Waals surface area contributed by atoms with Gasteiger partial charge in [0, 0.05) is 17.0 Å². The number of aryl methyl sites for hydroxylation is 1. The largest absolute Gasteiger partial charge is 0.405 e.